The lowest BCUT2D eigenvalue weighted by Crippen LogP contribution is -2.50. The summed E-state index contributed by atoms with van der Waals surface area (Å²) < 4.78 is 18.2. The van der Waals surface area contributed by atoms with E-state index >= 15 is 0 Å². The zero-order valence-corrected chi connectivity index (χ0v) is 14.5. The van der Waals surface area contributed by atoms with E-state index in [0.29, 0.717) is 0 Å². The van der Waals surface area contributed by atoms with E-state index < -0.39 is 23.6 Å². The smallest absolute Gasteiger partial charge is 0.324 e. The summed E-state index contributed by atoms with van der Waals surface area (Å²) in [5.74, 6) is 0. The lowest BCUT2D eigenvalue weighted by molar-refractivity contribution is 0.0923. The van der Waals surface area contributed by atoms with Crippen LogP contribution in [0, 0.1) is 10.8 Å². The van der Waals surface area contributed by atoms with Crippen molar-refractivity contribution in [1.29, 1.82) is 0 Å². The second-order valence-corrected chi connectivity index (χ2v) is 9.36. The summed E-state index contributed by atoms with van der Waals surface area (Å²) >= 11 is 0. The highest BCUT2D eigenvalue weighted by atomic mass is 31.2. The molecule has 1 rings (SSSR count). The molecule has 0 saturated heterocycles. The van der Waals surface area contributed by atoms with Crippen molar-refractivity contribution in [3.63, 3.8) is 0 Å². The molecule has 1 N–H and O–H groups in total. The van der Waals surface area contributed by atoms with Crippen molar-refractivity contribution in [2.45, 2.75) is 46.7 Å². The van der Waals surface area contributed by atoms with E-state index in [-0.39, 0.29) is 0 Å². The third-order valence-electron chi connectivity index (χ3n) is 4.03. The molecule has 0 aliphatic rings. The molecule has 0 aliphatic carbocycles. The summed E-state index contributed by atoms with van der Waals surface area (Å²) in [5.41, 5.74) is -0.0625. The summed E-state index contributed by atoms with van der Waals surface area (Å²) in [7, 11) is -2.56. The first-order valence-corrected chi connectivity index (χ1v) is 8.44. The molecule has 1 aromatic carbocycles. The van der Waals surface area contributed by atoms with Gasteiger partial charge in [-0.1, -0.05) is 71.9 Å². The normalized spacial score (nSPS) is 16.8. The Bertz CT molecular complexity index is 481. The Morgan fingerprint density at radius 2 is 1.35 bits per heavy atom. The van der Waals surface area contributed by atoms with Crippen LogP contribution in [0.15, 0.2) is 30.3 Å². The molecular weight excluding hydrogens is 271 g/mol. The van der Waals surface area contributed by atoms with Gasteiger partial charge in [0.1, 0.15) is 5.16 Å². The van der Waals surface area contributed by atoms with Gasteiger partial charge in [-0.05, 0) is 16.4 Å². The van der Waals surface area contributed by atoms with Crippen molar-refractivity contribution in [3.8, 4) is 0 Å². The average Bonchev–Trinajstić information content (AvgIpc) is 2.26. The summed E-state index contributed by atoms with van der Waals surface area (Å²) in [6.45, 7) is 12.0. The molecule has 0 aliphatic heterocycles. The molecule has 1 unspecified atom stereocenters. The first-order valence-electron chi connectivity index (χ1n) is 6.86. The highest BCUT2D eigenvalue weighted by Crippen LogP contribution is 2.74. The van der Waals surface area contributed by atoms with Gasteiger partial charge in [0, 0.05) is 7.11 Å². The molecule has 1 aromatic rings. The fourth-order valence-electron chi connectivity index (χ4n) is 3.82. The van der Waals surface area contributed by atoms with Crippen LogP contribution in [0.1, 0.15) is 47.1 Å². The van der Waals surface area contributed by atoms with Crippen molar-refractivity contribution in [1.82, 2.24) is 0 Å². The van der Waals surface area contributed by atoms with Gasteiger partial charge in [0.05, 0.1) is 0 Å². The van der Waals surface area contributed by atoms with E-state index in [9.17, 15) is 9.46 Å². The molecule has 20 heavy (non-hydrogen) atoms. The molecule has 114 valence electrons. The van der Waals surface area contributed by atoms with Gasteiger partial charge in [0.15, 0.2) is 0 Å². The fourth-order valence-corrected chi connectivity index (χ4v) is 6.26. The number of rotatable bonds is 3. The Morgan fingerprint density at radius 1 is 0.950 bits per heavy atom. The predicted molar refractivity (Wildman–Crippen MR) is 83.9 cm³/mol. The van der Waals surface area contributed by atoms with Crippen molar-refractivity contribution < 1.29 is 14.0 Å². The lowest BCUT2D eigenvalue weighted by atomic mass is 9.62. The second kappa shape index (κ2) is 5.29. The van der Waals surface area contributed by atoms with Crippen LogP contribution in [0.3, 0.4) is 0 Å². The third-order valence-corrected chi connectivity index (χ3v) is 6.98. The van der Waals surface area contributed by atoms with Crippen LogP contribution in [0.25, 0.3) is 0 Å². The van der Waals surface area contributed by atoms with E-state index in [4.69, 9.17) is 4.52 Å². The molecule has 4 heteroatoms. The van der Waals surface area contributed by atoms with Crippen molar-refractivity contribution >= 4 is 7.60 Å². The zero-order valence-electron chi connectivity index (χ0n) is 13.6. The van der Waals surface area contributed by atoms with E-state index in [0.717, 1.165) is 5.56 Å². The molecule has 0 bridgehead atoms. The van der Waals surface area contributed by atoms with Gasteiger partial charge in [-0.3, -0.25) is 4.57 Å². The van der Waals surface area contributed by atoms with Crippen LogP contribution < -0.4 is 0 Å². The fraction of sp³-hybridized carbons (Fsp3) is 0.625. The van der Waals surface area contributed by atoms with Gasteiger partial charge in [0.25, 0.3) is 0 Å². The van der Waals surface area contributed by atoms with Crippen LogP contribution in [0.5, 0.6) is 0 Å². The molecule has 0 fully saturated rings. The predicted octanol–water partition coefficient (Wildman–Crippen LogP) is 4.81. The third kappa shape index (κ3) is 2.47. The number of hydrogen-bond acceptors (Lipinski definition) is 2. The Morgan fingerprint density at radius 3 is 1.65 bits per heavy atom. The molecule has 0 amide bonds. The number of benzene rings is 1. The maximum Gasteiger partial charge on any atom is 0.339 e. The minimum absolute atomic E-state index is 0.451. The SMILES string of the molecule is COP(=O)(O)C(c1ccccc1)(C(C)(C)C)C(C)(C)C. The largest absolute Gasteiger partial charge is 0.339 e. The summed E-state index contributed by atoms with van der Waals surface area (Å²) in [6.07, 6.45) is 0. The lowest BCUT2D eigenvalue weighted by Gasteiger charge is -2.54. The van der Waals surface area contributed by atoms with Crippen LogP contribution in [-0.2, 0) is 14.2 Å². The molecular formula is C16H27O3P. The Balaban J connectivity index is 3.85. The molecule has 3 nitrogen and oxygen atoms in total. The molecule has 0 spiro atoms. The summed E-state index contributed by atoms with van der Waals surface area (Å²) in [6, 6.07) is 9.54. The molecule has 1 atom stereocenters. The van der Waals surface area contributed by atoms with Gasteiger partial charge in [-0.15, -0.1) is 0 Å². The van der Waals surface area contributed by atoms with Crippen molar-refractivity contribution in [3.05, 3.63) is 35.9 Å². The first kappa shape index (κ1) is 17.4. The van der Waals surface area contributed by atoms with Crippen molar-refractivity contribution in [2.24, 2.45) is 10.8 Å². The van der Waals surface area contributed by atoms with Gasteiger partial charge in [0.2, 0.25) is 0 Å². The Labute approximate surface area is 122 Å². The van der Waals surface area contributed by atoms with Crippen LogP contribution in [-0.4, -0.2) is 12.0 Å². The molecule has 0 saturated carbocycles. The van der Waals surface area contributed by atoms with Gasteiger partial charge in [-0.25, -0.2) is 0 Å². The monoisotopic (exact) mass is 298 g/mol. The maximum absolute atomic E-state index is 13.0. The molecule has 0 radical (unpaired) electrons. The van der Waals surface area contributed by atoms with Gasteiger partial charge < -0.3 is 9.42 Å². The van der Waals surface area contributed by atoms with Crippen molar-refractivity contribution in [2.75, 3.05) is 7.11 Å². The van der Waals surface area contributed by atoms with Crippen LogP contribution in [0.2, 0.25) is 0 Å². The van der Waals surface area contributed by atoms with Gasteiger partial charge in [-0.2, -0.15) is 0 Å². The van der Waals surface area contributed by atoms with E-state index in [1.165, 1.54) is 7.11 Å². The second-order valence-electron chi connectivity index (χ2n) is 7.28. The summed E-state index contributed by atoms with van der Waals surface area (Å²) in [4.78, 5) is 10.7. The molecule has 0 aromatic heterocycles. The minimum atomic E-state index is -3.88. The topological polar surface area (TPSA) is 46.5 Å². The van der Waals surface area contributed by atoms with Crippen LogP contribution >= 0.6 is 7.60 Å². The maximum atomic E-state index is 13.0. The van der Waals surface area contributed by atoms with E-state index in [2.05, 4.69) is 0 Å². The highest BCUT2D eigenvalue weighted by molar-refractivity contribution is 7.54. The average molecular weight is 298 g/mol. The van der Waals surface area contributed by atoms with E-state index in [1.807, 2.05) is 71.9 Å². The zero-order chi connectivity index (χ0) is 15.8. The highest BCUT2D eigenvalue weighted by Gasteiger charge is 2.63. The van der Waals surface area contributed by atoms with Crippen LogP contribution in [0.4, 0.5) is 0 Å². The van der Waals surface area contributed by atoms with E-state index in [1.54, 1.807) is 0 Å². The quantitative estimate of drug-likeness (QED) is 0.815. The Hall–Kier alpha value is -0.630. The summed E-state index contributed by atoms with van der Waals surface area (Å²) in [5, 5.41) is -0.997. The molecule has 0 heterocycles. The van der Waals surface area contributed by atoms with Gasteiger partial charge >= 0.3 is 7.60 Å². The first-order chi connectivity index (χ1) is 8.92. The minimum Gasteiger partial charge on any atom is -0.324 e. The Kier molecular flexibility index (Phi) is 4.61. The standard InChI is InChI=1S/C16H27O3P/c1-14(2,3)16(15(4,5)6,20(17,18)19-7)13-11-9-8-10-12-13/h8-12H,1-7H3,(H,17,18). The number of hydrogen-bond donors (Lipinski definition) is 1.